The molecule has 1 amide bonds. The van der Waals surface area contributed by atoms with Gasteiger partial charge in [-0.3, -0.25) is 14.8 Å². The van der Waals surface area contributed by atoms with Crippen molar-refractivity contribution < 1.29 is 4.79 Å². The summed E-state index contributed by atoms with van der Waals surface area (Å²) < 4.78 is 0. The Morgan fingerprint density at radius 3 is 2.74 bits per heavy atom. The molecule has 0 atom stereocenters. The fourth-order valence-corrected chi connectivity index (χ4v) is 1.29. The summed E-state index contributed by atoms with van der Waals surface area (Å²) in [5.41, 5.74) is 2.89. The van der Waals surface area contributed by atoms with Crippen molar-refractivity contribution in [2.75, 3.05) is 13.6 Å². The van der Waals surface area contributed by atoms with Gasteiger partial charge >= 0.3 is 0 Å². The molecule has 0 aromatic carbocycles. The summed E-state index contributed by atoms with van der Waals surface area (Å²) in [7, 11) is 1.65. The quantitative estimate of drug-likeness (QED) is 0.497. The van der Waals surface area contributed by atoms with Gasteiger partial charge in [0.2, 0.25) is 0 Å². The number of rotatable bonds is 5. The molecule has 5 nitrogen and oxygen atoms in total. The van der Waals surface area contributed by atoms with E-state index in [2.05, 4.69) is 26.9 Å². The summed E-state index contributed by atoms with van der Waals surface area (Å²) >= 11 is 0. The summed E-state index contributed by atoms with van der Waals surface area (Å²) in [5, 5.41) is 2.75. The van der Waals surface area contributed by atoms with E-state index in [0.29, 0.717) is 12.1 Å². The van der Waals surface area contributed by atoms with E-state index in [1.807, 2.05) is 13.8 Å². The molecule has 0 aliphatic rings. The van der Waals surface area contributed by atoms with Crippen LogP contribution in [0.3, 0.4) is 0 Å². The molecule has 1 heterocycles. The zero-order chi connectivity index (χ0) is 14.3. The Morgan fingerprint density at radius 2 is 2.21 bits per heavy atom. The van der Waals surface area contributed by atoms with Gasteiger partial charge in [0.05, 0.1) is 17.0 Å². The highest BCUT2D eigenvalue weighted by Gasteiger charge is 2.06. The van der Waals surface area contributed by atoms with Crippen molar-refractivity contribution in [2.45, 2.75) is 13.8 Å². The van der Waals surface area contributed by atoms with Gasteiger partial charge in [0, 0.05) is 19.8 Å². The number of hydrogen-bond acceptors (Lipinski definition) is 3. The van der Waals surface area contributed by atoms with Crippen molar-refractivity contribution in [3.05, 3.63) is 41.7 Å². The van der Waals surface area contributed by atoms with Crippen LogP contribution in [0.5, 0.6) is 0 Å². The molecule has 1 aromatic rings. The standard InChI is InChI=1S/C14H18N4O/c1-10(2)7-17-14(19)12-5-6-13(16-8-12)11(3)18-9-15-4/h5-6,8-9H,1,7H2,2-4H3,(H,17,19). The van der Waals surface area contributed by atoms with Crippen molar-refractivity contribution >= 4 is 18.0 Å². The van der Waals surface area contributed by atoms with Crippen LogP contribution in [-0.4, -0.2) is 36.5 Å². The summed E-state index contributed by atoms with van der Waals surface area (Å²) in [6.45, 7) is 7.89. The highest BCUT2D eigenvalue weighted by molar-refractivity contribution is 6.01. The number of amides is 1. The molecule has 0 radical (unpaired) electrons. The summed E-state index contributed by atoms with van der Waals surface area (Å²) in [4.78, 5) is 23.8. The fraction of sp³-hybridized carbons (Fsp3) is 0.286. The first-order valence-electron chi connectivity index (χ1n) is 5.88. The van der Waals surface area contributed by atoms with Gasteiger partial charge in [-0.25, -0.2) is 4.99 Å². The zero-order valence-corrected chi connectivity index (χ0v) is 11.5. The average Bonchev–Trinajstić information content (AvgIpc) is 2.42. The molecule has 0 spiro atoms. The number of pyridine rings is 1. The van der Waals surface area contributed by atoms with E-state index >= 15 is 0 Å². The van der Waals surface area contributed by atoms with E-state index in [-0.39, 0.29) is 5.91 Å². The van der Waals surface area contributed by atoms with Crippen molar-refractivity contribution in [2.24, 2.45) is 9.98 Å². The highest BCUT2D eigenvalue weighted by Crippen LogP contribution is 2.02. The number of aromatic nitrogens is 1. The zero-order valence-electron chi connectivity index (χ0n) is 11.5. The molecule has 0 aliphatic heterocycles. The monoisotopic (exact) mass is 258 g/mol. The van der Waals surface area contributed by atoms with E-state index in [1.165, 1.54) is 12.5 Å². The third kappa shape index (κ3) is 4.83. The molecule has 0 saturated carbocycles. The van der Waals surface area contributed by atoms with Gasteiger partial charge < -0.3 is 5.32 Å². The number of nitrogens with one attached hydrogen (secondary N) is 1. The number of carbonyl (C=O) groups excluding carboxylic acids is 1. The van der Waals surface area contributed by atoms with Crippen LogP contribution in [0.1, 0.15) is 29.9 Å². The lowest BCUT2D eigenvalue weighted by molar-refractivity contribution is 0.0956. The Kier molecular flexibility index (Phi) is 5.60. The van der Waals surface area contributed by atoms with Gasteiger partial charge in [0.25, 0.3) is 5.91 Å². The van der Waals surface area contributed by atoms with Gasteiger partial charge in [-0.05, 0) is 26.0 Å². The summed E-state index contributed by atoms with van der Waals surface area (Å²) in [5.74, 6) is -0.160. The first-order chi connectivity index (χ1) is 9.04. The minimum atomic E-state index is -0.160. The van der Waals surface area contributed by atoms with E-state index in [9.17, 15) is 4.79 Å². The fourth-order valence-electron chi connectivity index (χ4n) is 1.29. The van der Waals surface area contributed by atoms with Gasteiger partial charge in [-0.2, -0.15) is 0 Å². The van der Waals surface area contributed by atoms with Gasteiger partial charge in [0.15, 0.2) is 0 Å². The largest absolute Gasteiger partial charge is 0.348 e. The predicted octanol–water partition coefficient (Wildman–Crippen LogP) is 1.85. The van der Waals surface area contributed by atoms with Crippen molar-refractivity contribution in [3.8, 4) is 0 Å². The molecule has 1 rings (SSSR count). The SMILES string of the molecule is C=C(C)CNC(=O)c1ccc(C(C)=NC=NC)nc1. The van der Waals surface area contributed by atoms with Crippen LogP contribution >= 0.6 is 0 Å². The Balaban J connectivity index is 2.76. The molecule has 5 heteroatoms. The highest BCUT2D eigenvalue weighted by atomic mass is 16.1. The molecule has 0 saturated heterocycles. The van der Waals surface area contributed by atoms with E-state index in [0.717, 1.165) is 17.0 Å². The second kappa shape index (κ2) is 7.20. The van der Waals surface area contributed by atoms with E-state index in [4.69, 9.17) is 0 Å². The maximum atomic E-state index is 11.8. The Hall–Kier alpha value is -2.30. The molecule has 1 aromatic heterocycles. The predicted molar refractivity (Wildman–Crippen MR) is 78.0 cm³/mol. The van der Waals surface area contributed by atoms with Gasteiger partial charge in [-0.15, -0.1) is 0 Å². The molecular weight excluding hydrogens is 240 g/mol. The lowest BCUT2D eigenvalue weighted by Crippen LogP contribution is -2.25. The van der Waals surface area contributed by atoms with Gasteiger partial charge in [-0.1, -0.05) is 12.2 Å². The van der Waals surface area contributed by atoms with Crippen LogP contribution < -0.4 is 5.32 Å². The van der Waals surface area contributed by atoms with Crippen molar-refractivity contribution in [1.82, 2.24) is 10.3 Å². The van der Waals surface area contributed by atoms with Crippen molar-refractivity contribution in [3.63, 3.8) is 0 Å². The Labute approximate surface area is 113 Å². The lowest BCUT2D eigenvalue weighted by atomic mass is 10.2. The number of hydrogen-bond donors (Lipinski definition) is 1. The Bertz CT molecular complexity index is 515. The first-order valence-corrected chi connectivity index (χ1v) is 5.88. The molecule has 0 bridgehead atoms. The molecule has 0 fully saturated rings. The number of nitrogens with zero attached hydrogens (tertiary/aromatic N) is 3. The molecular formula is C14H18N4O. The van der Waals surface area contributed by atoms with E-state index in [1.54, 1.807) is 19.2 Å². The minimum Gasteiger partial charge on any atom is -0.348 e. The summed E-state index contributed by atoms with van der Waals surface area (Å²) in [6, 6.07) is 3.48. The molecule has 0 aliphatic carbocycles. The molecule has 100 valence electrons. The molecule has 19 heavy (non-hydrogen) atoms. The molecule has 0 unspecified atom stereocenters. The lowest BCUT2D eigenvalue weighted by Gasteiger charge is -2.05. The third-order valence-corrected chi connectivity index (χ3v) is 2.31. The van der Waals surface area contributed by atoms with Crippen LogP contribution in [0, 0.1) is 0 Å². The van der Waals surface area contributed by atoms with Gasteiger partial charge in [0.1, 0.15) is 6.34 Å². The maximum Gasteiger partial charge on any atom is 0.253 e. The van der Waals surface area contributed by atoms with Crippen LogP contribution in [0.15, 0.2) is 40.5 Å². The number of carbonyl (C=O) groups is 1. The van der Waals surface area contributed by atoms with E-state index < -0.39 is 0 Å². The number of aliphatic imine (C=N–C) groups is 2. The smallest absolute Gasteiger partial charge is 0.253 e. The maximum absolute atomic E-state index is 11.8. The topological polar surface area (TPSA) is 66.7 Å². The second-order valence-electron chi connectivity index (χ2n) is 4.16. The van der Waals surface area contributed by atoms with Crippen LogP contribution in [-0.2, 0) is 0 Å². The van der Waals surface area contributed by atoms with Crippen molar-refractivity contribution in [1.29, 1.82) is 0 Å². The molecule has 1 N–H and O–H groups in total. The Morgan fingerprint density at radius 1 is 1.47 bits per heavy atom. The van der Waals surface area contributed by atoms with Crippen LogP contribution in [0.4, 0.5) is 0 Å². The normalized spacial score (nSPS) is 11.6. The second-order valence-corrected chi connectivity index (χ2v) is 4.16. The minimum absolute atomic E-state index is 0.160. The average molecular weight is 258 g/mol. The summed E-state index contributed by atoms with van der Waals surface area (Å²) in [6.07, 6.45) is 3.00. The third-order valence-electron chi connectivity index (χ3n) is 2.31. The van der Waals surface area contributed by atoms with Crippen LogP contribution in [0.25, 0.3) is 0 Å². The van der Waals surface area contributed by atoms with Crippen LogP contribution in [0.2, 0.25) is 0 Å². The first kappa shape index (κ1) is 14.8.